The molecule has 1 aromatic rings. The normalized spacial score (nSPS) is 26.3. The zero-order valence-corrected chi connectivity index (χ0v) is 13.1. The van der Waals surface area contributed by atoms with Crippen LogP contribution < -0.4 is 14.8 Å². The third-order valence-corrected chi connectivity index (χ3v) is 4.47. The SMILES string of the molecule is COc1cccc(CNC2CCC(C)CC2C)c1OC. The van der Waals surface area contributed by atoms with Crippen LogP contribution in [0.1, 0.15) is 38.7 Å². The fourth-order valence-corrected chi connectivity index (χ4v) is 3.30. The molecular formula is C17H27NO2. The van der Waals surface area contributed by atoms with E-state index in [-0.39, 0.29) is 0 Å². The molecule has 0 saturated heterocycles. The Labute approximate surface area is 122 Å². The highest BCUT2D eigenvalue weighted by molar-refractivity contribution is 5.46. The van der Waals surface area contributed by atoms with Crippen molar-refractivity contribution >= 4 is 0 Å². The van der Waals surface area contributed by atoms with E-state index in [1.54, 1.807) is 14.2 Å². The van der Waals surface area contributed by atoms with Crippen LogP contribution in [0.5, 0.6) is 11.5 Å². The number of hydrogen-bond donors (Lipinski definition) is 1. The minimum atomic E-state index is 0.613. The van der Waals surface area contributed by atoms with Gasteiger partial charge in [-0.05, 0) is 37.2 Å². The third kappa shape index (κ3) is 3.45. The summed E-state index contributed by atoms with van der Waals surface area (Å²) in [6.07, 6.45) is 3.93. The molecule has 1 aliphatic rings. The molecule has 3 heteroatoms. The first-order chi connectivity index (χ1) is 9.65. The molecule has 0 aromatic heterocycles. The van der Waals surface area contributed by atoms with Gasteiger partial charge in [-0.25, -0.2) is 0 Å². The van der Waals surface area contributed by atoms with Gasteiger partial charge in [0.05, 0.1) is 14.2 Å². The molecule has 1 aromatic carbocycles. The van der Waals surface area contributed by atoms with Crippen LogP contribution in [0.25, 0.3) is 0 Å². The van der Waals surface area contributed by atoms with Crippen LogP contribution in [0, 0.1) is 11.8 Å². The molecule has 0 radical (unpaired) electrons. The standard InChI is InChI=1S/C17H27NO2/c1-12-8-9-15(13(2)10-12)18-11-14-6-5-7-16(19-3)17(14)20-4/h5-7,12-13,15,18H,8-11H2,1-4H3. The van der Waals surface area contributed by atoms with Crippen LogP contribution in [-0.2, 0) is 6.54 Å². The van der Waals surface area contributed by atoms with Gasteiger partial charge in [0.25, 0.3) is 0 Å². The lowest BCUT2D eigenvalue weighted by molar-refractivity contribution is 0.226. The molecule has 1 aliphatic carbocycles. The number of rotatable bonds is 5. The Balaban J connectivity index is 2.00. The van der Waals surface area contributed by atoms with Crippen molar-refractivity contribution in [1.29, 1.82) is 0 Å². The van der Waals surface area contributed by atoms with Gasteiger partial charge in [-0.3, -0.25) is 0 Å². The quantitative estimate of drug-likeness (QED) is 0.891. The van der Waals surface area contributed by atoms with Crippen molar-refractivity contribution in [2.24, 2.45) is 11.8 Å². The first-order valence-corrected chi connectivity index (χ1v) is 7.59. The first-order valence-electron chi connectivity index (χ1n) is 7.59. The van der Waals surface area contributed by atoms with E-state index in [2.05, 4.69) is 25.2 Å². The molecular weight excluding hydrogens is 250 g/mol. The molecule has 3 nitrogen and oxygen atoms in total. The maximum Gasteiger partial charge on any atom is 0.165 e. The van der Waals surface area contributed by atoms with Crippen LogP contribution in [0.3, 0.4) is 0 Å². The van der Waals surface area contributed by atoms with Crippen LogP contribution >= 0.6 is 0 Å². The van der Waals surface area contributed by atoms with Crippen molar-refractivity contribution < 1.29 is 9.47 Å². The zero-order chi connectivity index (χ0) is 14.5. The van der Waals surface area contributed by atoms with E-state index in [1.807, 2.05) is 12.1 Å². The zero-order valence-electron chi connectivity index (χ0n) is 13.1. The van der Waals surface area contributed by atoms with Crippen LogP contribution in [0.4, 0.5) is 0 Å². The molecule has 0 amide bonds. The van der Waals surface area contributed by atoms with Gasteiger partial charge in [-0.2, -0.15) is 0 Å². The smallest absolute Gasteiger partial charge is 0.165 e. The van der Waals surface area contributed by atoms with Gasteiger partial charge < -0.3 is 14.8 Å². The summed E-state index contributed by atoms with van der Waals surface area (Å²) in [5.41, 5.74) is 1.16. The lowest BCUT2D eigenvalue weighted by Gasteiger charge is -2.33. The van der Waals surface area contributed by atoms with Crippen molar-refractivity contribution in [3.8, 4) is 11.5 Å². The van der Waals surface area contributed by atoms with Crippen molar-refractivity contribution in [2.45, 2.75) is 45.7 Å². The summed E-state index contributed by atoms with van der Waals surface area (Å²) in [6.45, 7) is 5.55. The summed E-state index contributed by atoms with van der Waals surface area (Å²) in [7, 11) is 3.38. The van der Waals surface area contributed by atoms with Crippen LogP contribution in [-0.4, -0.2) is 20.3 Å². The maximum absolute atomic E-state index is 5.49. The summed E-state index contributed by atoms with van der Waals surface area (Å²) in [5, 5.41) is 3.70. The monoisotopic (exact) mass is 277 g/mol. The number of hydrogen-bond acceptors (Lipinski definition) is 3. The Bertz CT molecular complexity index is 433. The fourth-order valence-electron chi connectivity index (χ4n) is 3.30. The Kier molecular flexibility index (Phi) is 5.30. The molecule has 2 rings (SSSR count). The summed E-state index contributed by atoms with van der Waals surface area (Å²) in [5.74, 6) is 3.27. The van der Waals surface area contributed by atoms with Crippen molar-refractivity contribution in [2.75, 3.05) is 14.2 Å². The molecule has 1 fully saturated rings. The summed E-state index contributed by atoms with van der Waals surface area (Å²) >= 11 is 0. The molecule has 1 N–H and O–H groups in total. The highest BCUT2D eigenvalue weighted by Crippen LogP contribution is 2.32. The van der Waals surface area contributed by atoms with Crippen molar-refractivity contribution in [3.63, 3.8) is 0 Å². The van der Waals surface area contributed by atoms with Crippen LogP contribution in [0.2, 0.25) is 0 Å². The van der Waals surface area contributed by atoms with Gasteiger partial charge in [0.15, 0.2) is 11.5 Å². The van der Waals surface area contributed by atoms with Gasteiger partial charge in [0.1, 0.15) is 0 Å². The highest BCUT2D eigenvalue weighted by Gasteiger charge is 2.25. The molecule has 0 aliphatic heterocycles. The Morgan fingerprint density at radius 2 is 1.95 bits per heavy atom. The van der Waals surface area contributed by atoms with E-state index in [1.165, 1.54) is 19.3 Å². The number of ether oxygens (including phenoxy) is 2. The molecule has 3 unspecified atom stereocenters. The minimum absolute atomic E-state index is 0.613. The largest absolute Gasteiger partial charge is 0.493 e. The summed E-state index contributed by atoms with van der Waals surface area (Å²) in [4.78, 5) is 0. The number of nitrogens with one attached hydrogen (secondary N) is 1. The number of methoxy groups -OCH3 is 2. The van der Waals surface area contributed by atoms with E-state index in [9.17, 15) is 0 Å². The Morgan fingerprint density at radius 3 is 2.60 bits per heavy atom. The molecule has 112 valence electrons. The molecule has 0 bridgehead atoms. The topological polar surface area (TPSA) is 30.5 Å². The van der Waals surface area contributed by atoms with Gasteiger partial charge in [0.2, 0.25) is 0 Å². The predicted molar refractivity (Wildman–Crippen MR) is 82.4 cm³/mol. The van der Waals surface area contributed by atoms with Crippen molar-refractivity contribution in [1.82, 2.24) is 5.32 Å². The summed E-state index contributed by atoms with van der Waals surface area (Å²) in [6, 6.07) is 6.67. The Morgan fingerprint density at radius 1 is 1.15 bits per heavy atom. The van der Waals surface area contributed by atoms with Crippen molar-refractivity contribution in [3.05, 3.63) is 23.8 Å². The molecule has 0 spiro atoms. The van der Waals surface area contributed by atoms with Gasteiger partial charge in [-0.15, -0.1) is 0 Å². The average molecular weight is 277 g/mol. The van der Waals surface area contributed by atoms with Gasteiger partial charge in [-0.1, -0.05) is 26.0 Å². The maximum atomic E-state index is 5.49. The second kappa shape index (κ2) is 6.98. The van der Waals surface area contributed by atoms with Gasteiger partial charge >= 0.3 is 0 Å². The molecule has 0 heterocycles. The Hall–Kier alpha value is -1.22. The second-order valence-corrected chi connectivity index (χ2v) is 6.04. The summed E-state index contributed by atoms with van der Waals surface area (Å²) < 4.78 is 10.8. The van der Waals surface area contributed by atoms with E-state index in [4.69, 9.17) is 9.47 Å². The van der Waals surface area contributed by atoms with E-state index in [0.29, 0.717) is 6.04 Å². The van der Waals surface area contributed by atoms with Gasteiger partial charge in [0, 0.05) is 18.2 Å². The fraction of sp³-hybridized carbons (Fsp3) is 0.647. The first kappa shape index (κ1) is 15.2. The number of benzene rings is 1. The highest BCUT2D eigenvalue weighted by atomic mass is 16.5. The molecule has 20 heavy (non-hydrogen) atoms. The lowest BCUT2D eigenvalue weighted by Crippen LogP contribution is -2.38. The average Bonchev–Trinajstić information content (AvgIpc) is 2.45. The number of para-hydroxylation sites is 1. The predicted octanol–water partition coefficient (Wildman–Crippen LogP) is 3.62. The van der Waals surface area contributed by atoms with E-state index < -0.39 is 0 Å². The van der Waals surface area contributed by atoms with Crippen LogP contribution in [0.15, 0.2) is 18.2 Å². The molecule has 1 saturated carbocycles. The minimum Gasteiger partial charge on any atom is -0.493 e. The van der Waals surface area contributed by atoms with E-state index >= 15 is 0 Å². The third-order valence-electron chi connectivity index (χ3n) is 4.47. The lowest BCUT2D eigenvalue weighted by atomic mass is 9.80. The second-order valence-electron chi connectivity index (χ2n) is 6.04. The van der Waals surface area contributed by atoms with E-state index in [0.717, 1.165) is 35.4 Å². The molecule has 3 atom stereocenters.